The molecule has 1 atom stereocenters. The van der Waals surface area contributed by atoms with Crippen LogP contribution < -0.4 is 5.32 Å². The lowest BCUT2D eigenvalue weighted by molar-refractivity contribution is 0.438. The fraction of sp³-hybridized carbons (Fsp3) is 0.250. The summed E-state index contributed by atoms with van der Waals surface area (Å²) in [6.45, 7) is 3.06. The highest BCUT2D eigenvalue weighted by Crippen LogP contribution is 2.22. The summed E-state index contributed by atoms with van der Waals surface area (Å²) in [6, 6.07) is 14.7. The first-order chi connectivity index (χ1) is 9.83. The van der Waals surface area contributed by atoms with Crippen LogP contribution in [0.2, 0.25) is 0 Å². The molecule has 3 rings (SSSR count). The SMILES string of the molecule is CC(NCCSc1cc2ccccc2[nH]1)c1ccco1. The van der Waals surface area contributed by atoms with Gasteiger partial charge in [-0.1, -0.05) is 18.2 Å². The maximum Gasteiger partial charge on any atom is 0.120 e. The number of furan rings is 1. The quantitative estimate of drug-likeness (QED) is 0.527. The number of thioether (sulfide) groups is 1. The number of benzene rings is 1. The number of aromatic nitrogens is 1. The molecule has 0 fully saturated rings. The number of nitrogens with one attached hydrogen (secondary N) is 2. The lowest BCUT2D eigenvalue weighted by Crippen LogP contribution is -2.20. The van der Waals surface area contributed by atoms with E-state index in [2.05, 4.69) is 47.6 Å². The van der Waals surface area contributed by atoms with E-state index in [1.54, 1.807) is 6.26 Å². The van der Waals surface area contributed by atoms with Crippen molar-refractivity contribution in [1.29, 1.82) is 0 Å². The van der Waals surface area contributed by atoms with Gasteiger partial charge in [-0.25, -0.2) is 0 Å². The third-order valence-electron chi connectivity index (χ3n) is 3.29. The van der Waals surface area contributed by atoms with Crippen molar-refractivity contribution in [3.63, 3.8) is 0 Å². The van der Waals surface area contributed by atoms with Crippen LogP contribution in [0.1, 0.15) is 18.7 Å². The fourth-order valence-electron chi connectivity index (χ4n) is 2.20. The van der Waals surface area contributed by atoms with E-state index in [1.807, 2.05) is 23.9 Å². The number of H-pyrrole nitrogens is 1. The highest BCUT2D eigenvalue weighted by molar-refractivity contribution is 7.99. The molecule has 2 heterocycles. The van der Waals surface area contributed by atoms with Gasteiger partial charge in [0.1, 0.15) is 5.76 Å². The van der Waals surface area contributed by atoms with Crippen LogP contribution in [0.25, 0.3) is 10.9 Å². The van der Waals surface area contributed by atoms with Gasteiger partial charge in [0.05, 0.1) is 17.3 Å². The molecule has 0 aliphatic rings. The summed E-state index contributed by atoms with van der Waals surface area (Å²) in [5.74, 6) is 2.01. The van der Waals surface area contributed by atoms with Crippen molar-refractivity contribution < 1.29 is 4.42 Å². The molecule has 0 saturated heterocycles. The van der Waals surface area contributed by atoms with Gasteiger partial charge in [-0.05, 0) is 31.2 Å². The topological polar surface area (TPSA) is 41.0 Å². The predicted octanol–water partition coefficient (Wildman–Crippen LogP) is 4.20. The van der Waals surface area contributed by atoms with E-state index in [0.29, 0.717) is 0 Å². The van der Waals surface area contributed by atoms with Crippen molar-refractivity contribution in [3.8, 4) is 0 Å². The minimum Gasteiger partial charge on any atom is -0.468 e. The Bertz CT molecular complexity index is 627. The van der Waals surface area contributed by atoms with Gasteiger partial charge in [-0.3, -0.25) is 0 Å². The largest absolute Gasteiger partial charge is 0.468 e. The van der Waals surface area contributed by atoms with Crippen LogP contribution in [0.5, 0.6) is 0 Å². The van der Waals surface area contributed by atoms with Crippen molar-refractivity contribution in [2.45, 2.75) is 18.0 Å². The monoisotopic (exact) mass is 286 g/mol. The van der Waals surface area contributed by atoms with Crippen LogP contribution in [0.3, 0.4) is 0 Å². The molecule has 2 aromatic heterocycles. The van der Waals surface area contributed by atoms with Gasteiger partial charge in [0, 0.05) is 23.2 Å². The second kappa shape index (κ2) is 6.20. The Labute approximate surface area is 122 Å². The van der Waals surface area contributed by atoms with Crippen LogP contribution in [0.15, 0.2) is 58.2 Å². The van der Waals surface area contributed by atoms with Crippen LogP contribution in [-0.4, -0.2) is 17.3 Å². The van der Waals surface area contributed by atoms with Crippen LogP contribution in [0.4, 0.5) is 0 Å². The molecule has 4 heteroatoms. The van der Waals surface area contributed by atoms with E-state index < -0.39 is 0 Å². The van der Waals surface area contributed by atoms with Gasteiger partial charge in [-0.2, -0.15) is 0 Å². The summed E-state index contributed by atoms with van der Waals surface area (Å²) in [4.78, 5) is 3.43. The Balaban J connectivity index is 1.48. The first-order valence-corrected chi connectivity index (χ1v) is 7.79. The summed E-state index contributed by atoms with van der Waals surface area (Å²) >= 11 is 1.84. The standard InChI is InChI=1S/C16H18N2OS/c1-12(15-7-4-9-19-15)17-8-10-20-16-11-13-5-2-3-6-14(13)18-16/h2-7,9,11-12,17-18H,8,10H2,1H3. The number of hydrogen-bond donors (Lipinski definition) is 2. The summed E-state index contributed by atoms with van der Waals surface area (Å²) < 4.78 is 5.38. The van der Waals surface area contributed by atoms with E-state index in [-0.39, 0.29) is 6.04 Å². The summed E-state index contributed by atoms with van der Waals surface area (Å²) in [5, 5.41) is 5.95. The van der Waals surface area contributed by atoms with Crippen LogP contribution >= 0.6 is 11.8 Å². The maximum absolute atomic E-state index is 5.38. The molecule has 2 N–H and O–H groups in total. The average Bonchev–Trinajstić information content (AvgIpc) is 3.11. The molecule has 20 heavy (non-hydrogen) atoms. The molecule has 0 aliphatic heterocycles. The molecular weight excluding hydrogens is 268 g/mol. The zero-order valence-electron chi connectivity index (χ0n) is 11.4. The fourth-order valence-corrected chi connectivity index (χ4v) is 3.03. The number of hydrogen-bond acceptors (Lipinski definition) is 3. The minimum absolute atomic E-state index is 0.258. The maximum atomic E-state index is 5.38. The molecule has 0 aliphatic carbocycles. The van der Waals surface area contributed by atoms with E-state index in [1.165, 1.54) is 15.9 Å². The molecule has 1 aromatic carbocycles. The Morgan fingerprint density at radius 2 is 2.15 bits per heavy atom. The zero-order chi connectivity index (χ0) is 13.8. The first kappa shape index (κ1) is 13.3. The second-order valence-electron chi connectivity index (χ2n) is 4.76. The number of aromatic amines is 1. The molecule has 0 spiro atoms. The van der Waals surface area contributed by atoms with Crippen molar-refractivity contribution in [2.24, 2.45) is 0 Å². The predicted molar refractivity (Wildman–Crippen MR) is 84.1 cm³/mol. The van der Waals surface area contributed by atoms with Gasteiger partial charge >= 0.3 is 0 Å². The van der Waals surface area contributed by atoms with Gasteiger partial charge in [0.2, 0.25) is 0 Å². The van der Waals surface area contributed by atoms with Gasteiger partial charge in [0.15, 0.2) is 0 Å². The molecular formula is C16H18N2OS. The lowest BCUT2D eigenvalue weighted by Gasteiger charge is -2.10. The summed E-state index contributed by atoms with van der Waals surface area (Å²) in [7, 11) is 0. The number of fused-ring (bicyclic) bond motifs is 1. The Morgan fingerprint density at radius 3 is 2.95 bits per heavy atom. The van der Waals surface area contributed by atoms with E-state index in [9.17, 15) is 0 Å². The van der Waals surface area contributed by atoms with Gasteiger partial charge in [-0.15, -0.1) is 11.8 Å². The van der Waals surface area contributed by atoms with E-state index >= 15 is 0 Å². The van der Waals surface area contributed by atoms with Gasteiger partial charge < -0.3 is 14.7 Å². The summed E-state index contributed by atoms with van der Waals surface area (Å²) in [5.41, 5.74) is 1.20. The van der Waals surface area contributed by atoms with Crippen LogP contribution in [0, 0.1) is 0 Å². The Kier molecular flexibility index (Phi) is 4.14. The van der Waals surface area contributed by atoms with Crippen molar-refractivity contribution in [1.82, 2.24) is 10.3 Å². The Hall–Kier alpha value is -1.65. The van der Waals surface area contributed by atoms with Crippen molar-refractivity contribution >= 4 is 22.7 Å². The smallest absolute Gasteiger partial charge is 0.120 e. The normalized spacial score (nSPS) is 12.8. The highest BCUT2D eigenvalue weighted by Gasteiger charge is 2.07. The molecule has 3 nitrogen and oxygen atoms in total. The molecule has 0 radical (unpaired) electrons. The first-order valence-electron chi connectivity index (χ1n) is 6.80. The second-order valence-corrected chi connectivity index (χ2v) is 5.90. The Morgan fingerprint density at radius 1 is 1.25 bits per heavy atom. The minimum atomic E-state index is 0.258. The number of rotatable bonds is 6. The zero-order valence-corrected chi connectivity index (χ0v) is 12.2. The molecule has 1 unspecified atom stereocenters. The highest BCUT2D eigenvalue weighted by atomic mass is 32.2. The average molecular weight is 286 g/mol. The molecule has 0 bridgehead atoms. The molecule has 3 aromatic rings. The van der Waals surface area contributed by atoms with Crippen LogP contribution in [-0.2, 0) is 0 Å². The molecule has 104 valence electrons. The van der Waals surface area contributed by atoms with Crippen molar-refractivity contribution in [3.05, 3.63) is 54.5 Å². The molecule has 0 amide bonds. The van der Waals surface area contributed by atoms with Gasteiger partial charge in [0.25, 0.3) is 0 Å². The number of para-hydroxylation sites is 1. The third kappa shape index (κ3) is 3.08. The van der Waals surface area contributed by atoms with Crippen molar-refractivity contribution in [2.75, 3.05) is 12.3 Å². The van der Waals surface area contributed by atoms with E-state index in [4.69, 9.17) is 4.42 Å². The molecule has 0 saturated carbocycles. The third-order valence-corrected chi connectivity index (χ3v) is 4.22. The lowest BCUT2D eigenvalue weighted by atomic mass is 10.2. The summed E-state index contributed by atoms with van der Waals surface area (Å²) in [6.07, 6.45) is 1.72. The van der Waals surface area contributed by atoms with E-state index in [0.717, 1.165) is 18.1 Å².